The van der Waals surface area contributed by atoms with E-state index < -0.39 is 0 Å². The van der Waals surface area contributed by atoms with Crippen molar-refractivity contribution in [2.75, 3.05) is 0 Å². The Labute approximate surface area is 38.3 Å². The molecule has 28 valence electrons. The van der Waals surface area contributed by atoms with E-state index in [9.17, 15) is 0 Å². The summed E-state index contributed by atoms with van der Waals surface area (Å²) in [4.78, 5) is 0. The predicted octanol–water partition coefficient (Wildman–Crippen LogP) is -1.02. The van der Waals surface area contributed by atoms with Crippen LogP contribution in [0.4, 0.5) is 0 Å². The topological polar surface area (TPSA) is 69.5 Å². The van der Waals surface area contributed by atoms with Crippen LogP contribution in [0.1, 0.15) is 0 Å². The number of rotatable bonds is 0. The summed E-state index contributed by atoms with van der Waals surface area (Å²) >= 11 is 1.82. The minimum Gasteiger partial charge on any atom is -0.412 e. The van der Waals surface area contributed by atoms with E-state index in [0.29, 0.717) is 0 Å². The molecular weight excluding hydrogens is 171 g/mol. The van der Waals surface area contributed by atoms with E-state index in [4.69, 9.17) is 0 Å². The monoisotopic (exact) mass is 176 g/mol. The molecule has 0 aromatic heterocycles. The standard InChI is InChI=1S/H3IN2.H2O/c1-3-2;/h3H,2H2;1H2. The molecular formula is H5IN2O. The molecule has 0 aromatic carbocycles. The number of hydrogen-bond acceptors (Lipinski definition) is 2. The first kappa shape index (κ1) is 8.82. The van der Waals surface area contributed by atoms with Gasteiger partial charge in [0, 0.05) is 22.9 Å². The molecule has 0 rings (SSSR count). The zero-order valence-electron chi connectivity index (χ0n) is 1.96. The van der Waals surface area contributed by atoms with Gasteiger partial charge in [0.05, 0.1) is 0 Å². The largest absolute Gasteiger partial charge is 0.412 e. The molecule has 5 N–H and O–H groups in total. The van der Waals surface area contributed by atoms with Crippen molar-refractivity contribution in [2.45, 2.75) is 0 Å². The summed E-state index contributed by atoms with van der Waals surface area (Å²) in [5.74, 6) is 4.58. The van der Waals surface area contributed by atoms with E-state index in [1.165, 1.54) is 0 Å². The highest BCUT2D eigenvalue weighted by molar-refractivity contribution is 14.1. The van der Waals surface area contributed by atoms with Gasteiger partial charge in [0.15, 0.2) is 0 Å². The van der Waals surface area contributed by atoms with Crippen LogP contribution in [0.5, 0.6) is 0 Å². The van der Waals surface area contributed by atoms with Crippen LogP contribution in [0, 0.1) is 0 Å². The molecule has 0 fully saturated rings. The highest BCUT2D eigenvalue weighted by atomic mass is 127. The average Bonchev–Trinajstić information content (AvgIpc) is 0.918. The van der Waals surface area contributed by atoms with Crippen LogP contribution in [0.3, 0.4) is 0 Å². The molecule has 0 radical (unpaired) electrons. The molecule has 0 bridgehead atoms. The van der Waals surface area contributed by atoms with Crippen LogP contribution >= 0.6 is 22.9 Å². The lowest BCUT2D eigenvalue weighted by Gasteiger charge is -1.58. The lowest BCUT2D eigenvalue weighted by molar-refractivity contribution is 0.824. The maximum Gasteiger partial charge on any atom is 0.0332 e. The van der Waals surface area contributed by atoms with Crippen molar-refractivity contribution in [3.63, 3.8) is 0 Å². The summed E-state index contributed by atoms with van der Waals surface area (Å²) < 4.78 is 2.22. The minimum atomic E-state index is 0. The number of halogens is 1. The third-order valence-electron chi connectivity index (χ3n) is 0. The van der Waals surface area contributed by atoms with Gasteiger partial charge < -0.3 is 5.48 Å². The Morgan fingerprint density at radius 1 is 1.75 bits per heavy atom. The van der Waals surface area contributed by atoms with Crippen molar-refractivity contribution in [3.05, 3.63) is 0 Å². The van der Waals surface area contributed by atoms with Gasteiger partial charge in [-0.1, -0.05) is 0 Å². The van der Waals surface area contributed by atoms with Crippen LogP contribution in [-0.2, 0) is 0 Å². The maximum absolute atomic E-state index is 4.58. The molecule has 0 aromatic rings. The number of nitrogens with two attached hydrogens (primary N) is 1. The first-order valence-corrected chi connectivity index (χ1v) is 1.56. The molecule has 0 saturated heterocycles. The summed E-state index contributed by atoms with van der Waals surface area (Å²) in [7, 11) is 0. The maximum atomic E-state index is 4.58. The zero-order valence-corrected chi connectivity index (χ0v) is 4.11. The number of hydrazine groups is 1. The molecule has 0 unspecified atom stereocenters. The molecule has 0 atom stereocenters. The van der Waals surface area contributed by atoms with Gasteiger partial charge in [0.2, 0.25) is 0 Å². The SMILES string of the molecule is NNI.O. The van der Waals surface area contributed by atoms with Gasteiger partial charge in [-0.3, -0.25) is 5.84 Å². The molecule has 0 aliphatic rings. The van der Waals surface area contributed by atoms with Gasteiger partial charge in [-0.2, -0.15) is 0 Å². The Hall–Kier alpha value is 0.610. The fraction of sp³-hybridized carbons (Fsp3) is 0. The quantitative estimate of drug-likeness (QED) is 0.214. The Balaban J connectivity index is 0. The summed E-state index contributed by atoms with van der Waals surface area (Å²) in [6.07, 6.45) is 0. The van der Waals surface area contributed by atoms with Gasteiger partial charge in [-0.25, -0.2) is 3.64 Å². The summed E-state index contributed by atoms with van der Waals surface area (Å²) in [6, 6.07) is 0. The Bertz CT molecular complexity index is 6.00. The Kier molecular flexibility index (Phi) is 20.9. The van der Waals surface area contributed by atoms with Crippen molar-refractivity contribution >= 4 is 22.9 Å². The average molecular weight is 176 g/mol. The highest BCUT2D eigenvalue weighted by Crippen LogP contribution is 1.45. The van der Waals surface area contributed by atoms with Gasteiger partial charge in [0.25, 0.3) is 0 Å². The van der Waals surface area contributed by atoms with Gasteiger partial charge in [-0.05, 0) is 0 Å². The third-order valence-corrected chi connectivity index (χ3v) is 0. The van der Waals surface area contributed by atoms with Crippen molar-refractivity contribution in [2.24, 2.45) is 5.84 Å². The Morgan fingerprint density at radius 3 is 1.75 bits per heavy atom. The molecule has 0 saturated carbocycles. The zero-order chi connectivity index (χ0) is 2.71. The second-order valence-corrected chi connectivity index (χ2v) is 0.732. The normalized spacial score (nSPS) is 4.50. The fourth-order valence-corrected chi connectivity index (χ4v) is 0. The van der Waals surface area contributed by atoms with Crippen LogP contribution < -0.4 is 9.48 Å². The van der Waals surface area contributed by atoms with Crippen molar-refractivity contribution in [1.29, 1.82) is 0 Å². The van der Waals surface area contributed by atoms with Crippen molar-refractivity contribution in [3.8, 4) is 0 Å². The van der Waals surface area contributed by atoms with Crippen molar-refractivity contribution < 1.29 is 5.48 Å². The molecule has 0 heterocycles. The van der Waals surface area contributed by atoms with E-state index in [0.717, 1.165) is 0 Å². The summed E-state index contributed by atoms with van der Waals surface area (Å²) in [5, 5.41) is 0. The second-order valence-electron chi connectivity index (χ2n) is 0.109. The van der Waals surface area contributed by atoms with Crippen LogP contribution in [-0.4, -0.2) is 5.48 Å². The number of nitrogens with one attached hydrogen (secondary N) is 1. The van der Waals surface area contributed by atoms with E-state index in [1.54, 1.807) is 0 Å². The molecule has 0 spiro atoms. The fourth-order valence-electron chi connectivity index (χ4n) is 0. The van der Waals surface area contributed by atoms with E-state index >= 15 is 0 Å². The van der Waals surface area contributed by atoms with Crippen LogP contribution in [0.25, 0.3) is 0 Å². The molecule has 0 aliphatic carbocycles. The predicted molar refractivity (Wildman–Crippen MR) is 25.0 cm³/mol. The van der Waals surface area contributed by atoms with Gasteiger partial charge in [-0.15, -0.1) is 0 Å². The van der Waals surface area contributed by atoms with E-state index in [-0.39, 0.29) is 5.48 Å². The Morgan fingerprint density at radius 2 is 1.75 bits per heavy atom. The minimum absolute atomic E-state index is 0. The molecule has 4 heavy (non-hydrogen) atoms. The third kappa shape index (κ3) is 18.2. The highest BCUT2D eigenvalue weighted by Gasteiger charge is 1.27. The van der Waals surface area contributed by atoms with Crippen LogP contribution in [0.2, 0.25) is 0 Å². The molecule has 4 heteroatoms. The first-order valence-electron chi connectivity index (χ1n) is 0.478. The number of hydrogen-bond donors (Lipinski definition) is 2. The summed E-state index contributed by atoms with van der Waals surface area (Å²) in [5.41, 5.74) is 0. The van der Waals surface area contributed by atoms with E-state index in [1.807, 2.05) is 22.9 Å². The smallest absolute Gasteiger partial charge is 0.0332 e. The van der Waals surface area contributed by atoms with Gasteiger partial charge >= 0.3 is 0 Å². The molecule has 0 amide bonds. The van der Waals surface area contributed by atoms with Gasteiger partial charge in [0.1, 0.15) is 0 Å². The molecule has 3 nitrogen and oxygen atoms in total. The lowest BCUT2D eigenvalue weighted by atomic mass is 13.0. The van der Waals surface area contributed by atoms with Crippen molar-refractivity contribution in [1.82, 2.24) is 3.64 Å². The molecule has 0 aliphatic heterocycles. The second kappa shape index (κ2) is 9.49. The van der Waals surface area contributed by atoms with Crippen LogP contribution in [0.15, 0.2) is 0 Å². The summed E-state index contributed by atoms with van der Waals surface area (Å²) in [6.45, 7) is 0. The first-order chi connectivity index (χ1) is 1.41. The lowest BCUT2D eigenvalue weighted by Crippen LogP contribution is -2.04. The van der Waals surface area contributed by atoms with E-state index in [2.05, 4.69) is 9.48 Å².